The van der Waals surface area contributed by atoms with Crippen molar-refractivity contribution >= 4 is 11.3 Å². The van der Waals surface area contributed by atoms with Crippen molar-refractivity contribution in [2.45, 2.75) is 31.3 Å². The highest BCUT2D eigenvalue weighted by Gasteiger charge is 2.25. The molecule has 2 atom stereocenters. The Morgan fingerprint density at radius 3 is 3.00 bits per heavy atom. The Morgan fingerprint density at radius 2 is 2.46 bits per heavy atom. The third-order valence-electron chi connectivity index (χ3n) is 2.50. The van der Waals surface area contributed by atoms with E-state index in [1.165, 1.54) is 11.3 Å². The number of aliphatic hydroxyl groups excluding tert-OH is 1. The second-order valence-corrected chi connectivity index (χ2v) is 4.23. The molecule has 3 nitrogen and oxygen atoms in total. The van der Waals surface area contributed by atoms with Crippen LogP contribution in [0.3, 0.4) is 0 Å². The second kappa shape index (κ2) is 3.64. The molecule has 72 valence electrons. The van der Waals surface area contributed by atoms with E-state index in [4.69, 9.17) is 4.74 Å². The summed E-state index contributed by atoms with van der Waals surface area (Å²) < 4.78 is 5.03. The molecule has 0 saturated heterocycles. The Bertz CT molecular complexity index is 287. The molecule has 13 heavy (non-hydrogen) atoms. The van der Waals surface area contributed by atoms with Crippen molar-refractivity contribution in [2.24, 2.45) is 0 Å². The first-order valence-electron chi connectivity index (χ1n) is 4.47. The number of hydrogen-bond acceptors (Lipinski definition) is 4. The monoisotopic (exact) mass is 199 g/mol. The van der Waals surface area contributed by atoms with Gasteiger partial charge in [0.05, 0.1) is 18.9 Å². The van der Waals surface area contributed by atoms with E-state index in [9.17, 15) is 5.11 Å². The van der Waals surface area contributed by atoms with Crippen LogP contribution in [0.15, 0.2) is 5.38 Å². The Kier molecular flexibility index (Phi) is 2.51. The first-order valence-corrected chi connectivity index (χ1v) is 5.35. The molecule has 1 aliphatic rings. The van der Waals surface area contributed by atoms with E-state index in [0.717, 1.165) is 30.2 Å². The standard InChI is InChI=1S/C9H13NO2S/c1-12-9-10-8(5-13-9)6-2-3-7(11)4-6/h5-7,11H,2-4H2,1H3. The second-order valence-electron chi connectivity index (χ2n) is 3.41. The molecule has 1 aromatic heterocycles. The van der Waals surface area contributed by atoms with E-state index in [0.29, 0.717) is 5.92 Å². The van der Waals surface area contributed by atoms with Crippen molar-refractivity contribution in [1.82, 2.24) is 4.98 Å². The smallest absolute Gasteiger partial charge is 0.273 e. The molecule has 0 bridgehead atoms. The molecule has 0 aromatic carbocycles. The summed E-state index contributed by atoms with van der Waals surface area (Å²) in [6, 6.07) is 0. The normalized spacial score (nSPS) is 27.8. The van der Waals surface area contributed by atoms with Gasteiger partial charge in [0.2, 0.25) is 0 Å². The van der Waals surface area contributed by atoms with Gasteiger partial charge >= 0.3 is 0 Å². The molecule has 1 N–H and O–H groups in total. The molecular formula is C9H13NO2S. The summed E-state index contributed by atoms with van der Waals surface area (Å²) in [7, 11) is 1.63. The average molecular weight is 199 g/mol. The van der Waals surface area contributed by atoms with Gasteiger partial charge in [-0.25, -0.2) is 4.98 Å². The fourth-order valence-electron chi connectivity index (χ4n) is 1.78. The Balaban J connectivity index is 2.08. The SMILES string of the molecule is COc1nc(C2CCC(O)C2)cs1. The molecule has 0 radical (unpaired) electrons. The van der Waals surface area contributed by atoms with Crippen LogP contribution in [0.5, 0.6) is 5.19 Å². The maximum Gasteiger partial charge on any atom is 0.273 e. The van der Waals surface area contributed by atoms with Gasteiger partial charge in [-0.05, 0) is 19.3 Å². The van der Waals surface area contributed by atoms with Gasteiger partial charge in [0.1, 0.15) is 0 Å². The lowest BCUT2D eigenvalue weighted by atomic mass is 10.1. The Hall–Kier alpha value is -0.610. The van der Waals surface area contributed by atoms with E-state index in [1.54, 1.807) is 7.11 Å². The summed E-state index contributed by atoms with van der Waals surface area (Å²) in [6.07, 6.45) is 2.68. The molecule has 0 amide bonds. The number of methoxy groups -OCH3 is 1. The van der Waals surface area contributed by atoms with Gasteiger partial charge in [-0.2, -0.15) is 0 Å². The van der Waals surface area contributed by atoms with Crippen LogP contribution in [0.25, 0.3) is 0 Å². The summed E-state index contributed by atoms with van der Waals surface area (Å²) in [5, 5.41) is 12.1. The number of rotatable bonds is 2. The zero-order valence-electron chi connectivity index (χ0n) is 7.56. The zero-order valence-corrected chi connectivity index (χ0v) is 8.38. The number of nitrogens with zero attached hydrogens (tertiary/aromatic N) is 1. The molecule has 1 fully saturated rings. The van der Waals surface area contributed by atoms with Gasteiger partial charge in [-0.15, -0.1) is 0 Å². The lowest BCUT2D eigenvalue weighted by Gasteiger charge is -2.03. The number of aromatic nitrogens is 1. The summed E-state index contributed by atoms with van der Waals surface area (Å²) >= 11 is 1.52. The third kappa shape index (κ3) is 1.84. The van der Waals surface area contributed by atoms with E-state index >= 15 is 0 Å². The molecular weight excluding hydrogens is 186 g/mol. The fourth-order valence-corrected chi connectivity index (χ4v) is 2.50. The lowest BCUT2D eigenvalue weighted by molar-refractivity contribution is 0.181. The lowest BCUT2D eigenvalue weighted by Crippen LogP contribution is -1.99. The third-order valence-corrected chi connectivity index (χ3v) is 3.32. The van der Waals surface area contributed by atoms with Crippen LogP contribution < -0.4 is 4.74 Å². The maximum absolute atomic E-state index is 9.37. The number of ether oxygens (including phenoxy) is 1. The molecule has 1 saturated carbocycles. The highest BCUT2D eigenvalue weighted by Crippen LogP contribution is 2.35. The van der Waals surface area contributed by atoms with Crippen molar-refractivity contribution in [2.75, 3.05) is 7.11 Å². The molecule has 4 heteroatoms. The first-order chi connectivity index (χ1) is 6.29. The van der Waals surface area contributed by atoms with Gasteiger partial charge in [0.15, 0.2) is 0 Å². The van der Waals surface area contributed by atoms with Crippen LogP contribution in [0, 0.1) is 0 Å². The maximum atomic E-state index is 9.37. The summed E-state index contributed by atoms with van der Waals surface area (Å²) in [5.74, 6) is 0.440. The molecule has 2 rings (SSSR count). The quantitative estimate of drug-likeness (QED) is 0.789. The van der Waals surface area contributed by atoms with Gasteiger partial charge < -0.3 is 9.84 Å². The van der Waals surface area contributed by atoms with E-state index < -0.39 is 0 Å². The Morgan fingerprint density at radius 1 is 1.62 bits per heavy atom. The highest BCUT2D eigenvalue weighted by atomic mass is 32.1. The number of thiazole rings is 1. The average Bonchev–Trinajstić information content (AvgIpc) is 2.71. The van der Waals surface area contributed by atoms with Crippen LogP contribution in [0.4, 0.5) is 0 Å². The first kappa shape index (κ1) is 8.97. The van der Waals surface area contributed by atoms with Crippen LogP contribution in [0.1, 0.15) is 30.9 Å². The predicted molar refractivity (Wildman–Crippen MR) is 51.3 cm³/mol. The number of hydrogen-bond donors (Lipinski definition) is 1. The minimum Gasteiger partial charge on any atom is -0.473 e. The summed E-state index contributed by atoms with van der Waals surface area (Å²) in [5.41, 5.74) is 1.08. The topological polar surface area (TPSA) is 42.4 Å². The van der Waals surface area contributed by atoms with Gasteiger partial charge in [0, 0.05) is 11.3 Å². The molecule has 2 unspecified atom stereocenters. The van der Waals surface area contributed by atoms with Crippen LogP contribution >= 0.6 is 11.3 Å². The van der Waals surface area contributed by atoms with Crippen molar-refractivity contribution in [1.29, 1.82) is 0 Å². The molecule has 1 aromatic rings. The van der Waals surface area contributed by atoms with E-state index in [1.807, 2.05) is 5.38 Å². The molecule has 1 aliphatic carbocycles. The summed E-state index contributed by atoms with van der Waals surface area (Å²) in [6.45, 7) is 0. The highest BCUT2D eigenvalue weighted by molar-refractivity contribution is 7.11. The van der Waals surface area contributed by atoms with Crippen molar-refractivity contribution < 1.29 is 9.84 Å². The number of aliphatic hydroxyl groups is 1. The predicted octanol–water partition coefficient (Wildman–Crippen LogP) is 1.78. The van der Waals surface area contributed by atoms with Crippen molar-refractivity contribution in [3.05, 3.63) is 11.1 Å². The fraction of sp³-hybridized carbons (Fsp3) is 0.667. The molecule has 0 aliphatic heterocycles. The van der Waals surface area contributed by atoms with Crippen LogP contribution in [0.2, 0.25) is 0 Å². The molecule has 0 spiro atoms. The largest absolute Gasteiger partial charge is 0.473 e. The van der Waals surface area contributed by atoms with Gasteiger partial charge in [-0.3, -0.25) is 0 Å². The molecule has 1 heterocycles. The van der Waals surface area contributed by atoms with E-state index in [-0.39, 0.29) is 6.10 Å². The van der Waals surface area contributed by atoms with Crippen LogP contribution in [-0.2, 0) is 0 Å². The van der Waals surface area contributed by atoms with Crippen molar-refractivity contribution in [3.8, 4) is 5.19 Å². The van der Waals surface area contributed by atoms with E-state index in [2.05, 4.69) is 4.98 Å². The Labute approximate surface area is 81.4 Å². The van der Waals surface area contributed by atoms with Gasteiger partial charge in [0.25, 0.3) is 5.19 Å². The van der Waals surface area contributed by atoms with Crippen molar-refractivity contribution in [3.63, 3.8) is 0 Å². The van der Waals surface area contributed by atoms with Crippen LogP contribution in [-0.4, -0.2) is 23.3 Å². The summed E-state index contributed by atoms with van der Waals surface area (Å²) in [4.78, 5) is 4.33. The zero-order chi connectivity index (χ0) is 9.26. The van der Waals surface area contributed by atoms with Gasteiger partial charge in [-0.1, -0.05) is 11.3 Å². The minimum atomic E-state index is -0.127. The minimum absolute atomic E-state index is 0.127.